The lowest BCUT2D eigenvalue weighted by Crippen LogP contribution is -2.40. The molecule has 1 N–H and O–H groups in total. The summed E-state index contributed by atoms with van der Waals surface area (Å²) in [5.41, 5.74) is 2.13. The molecular formula is C17H24N4O. The predicted molar refractivity (Wildman–Crippen MR) is 88.0 cm³/mol. The second-order valence-electron chi connectivity index (χ2n) is 6.01. The average molecular weight is 300 g/mol. The van der Waals surface area contributed by atoms with E-state index in [9.17, 15) is 4.79 Å². The van der Waals surface area contributed by atoms with Gasteiger partial charge in [-0.25, -0.2) is 9.78 Å². The van der Waals surface area contributed by atoms with Crippen molar-refractivity contribution in [2.45, 2.75) is 26.8 Å². The number of carbonyl (C=O) groups excluding carboxylic acids is 1. The third-order valence-corrected chi connectivity index (χ3v) is 3.52. The van der Waals surface area contributed by atoms with Crippen molar-refractivity contribution in [1.82, 2.24) is 19.8 Å². The molecule has 118 valence electrons. The van der Waals surface area contributed by atoms with Crippen LogP contribution in [-0.2, 0) is 0 Å². The summed E-state index contributed by atoms with van der Waals surface area (Å²) < 4.78 is 1.95. The van der Waals surface area contributed by atoms with E-state index in [2.05, 4.69) is 24.1 Å². The molecule has 0 unspecified atom stereocenters. The van der Waals surface area contributed by atoms with Gasteiger partial charge in [0.2, 0.25) is 0 Å². The SMILES string of the molecule is CC(C)CN(C)C(=O)N[C@H](C)c1ccc(-n2ccnc2)cc1. The van der Waals surface area contributed by atoms with Gasteiger partial charge in [0.15, 0.2) is 0 Å². The van der Waals surface area contributed by atoms with Crippen LogP contribution in [0.3, 0.4) is 0 Å². The number of nitrogens with zero attached hydrogens (tertiary/aromatic N) is 3. The molecule has 0 spiro atoms. The molecule has 5 nitrogen and oxygen atoms in total. The number of hydrogen-bond acceptors (Lipinski definition) is 2. The van der Waals surface area contributed by atoms with Crippen LogP contribution in [0.25, 0.3) is 5.69 Å². The summed E-state index contributed by atoms with van der Waals surface area (Å²) in [6.07, 6.45) is 5.42. The summed E-state index contributed by atoms with van der Waals surface area (Å²) in [7, 11) is 1.82. The average Bonchev–Trinajstić information content (AvgIpc) is 3.00. The van der Waals surface area contributed by atoms with E-state index in [1.54, 1.807) is 17.4 Å². The molecule has 1 heterocycles. The van der Waals surface area contributed by atoms with E-state index in [-0.39, 0.29) is 12.1 Å². The van der Waals surface area contributed by atoms with E-state index in [0.717, 1.165) is 17.8 Å². The normalized spacial score (nSPS) is 12.2. The maximum absolute atomic E-state index is 12.1. The first-order valence-corrected chi connectivity index (χ1v) is 7.57. The van der Waals surface area contributed by atoms with Crippen LogP contribution in [0.1, 0.15) is 32.4 Å². The molecule has 0 fully saturated rings. The molecule has 2 aromatic rings. The van der Waals surface area contributed by atoms with E-state index < -0.39 is 0 Å². The molecular weight excluding hydrogens is 276 g/mol. The Bertz CT molecular complexity index is 590. The fraction of sp³-hybridized carbons (Fsp3) is 0.412. The lowest BCUT2D eigenvalue weighted by atomic mass is 10.1. The molecule has 1 aromatic carbocycles. The van der Waals surface area contributed by atoms with Crippen molar-refractivity contribution >= 4 is 6.03 Å². The van der Waals surface area contributed by atoms with Crippen LogP contribution < -0.4 is 5.32 Å². The van der Waals surface area contributed by atoms with Gasteiger partial charge in [-0.3, -0.25) is 0 Å². The topological polar surface area (TPSA) is 50.2 Å². The summed E-state index contributed by atoms with van der Waals surface area (Å²) >= 11 is 0. The zero-order chi connectivity index (χ0) is 16.1. The number of benzene rings is 1. The van der Waals surface area contributed by atoms with Crippen LogP contribution in [0, 0.1) is 5.92 Å². The molecule has 0 saturated carbocycles. The van der Waals surface area contributed by atoms with Gasteiger partial charge in [0.05, 0.1) is 12.4 Å². The largest absolute Gasteiger partial charge is 0.331 e. The molecule has 22 heavy (non-hydrogen) atoms. The standard InChI is InChI=1S/C17H24N4O/c1-13(2)11-20(4)17(22)19-14(3)15-5-7-16(8-6-15)21-10-9-18-12-21/h5-10,12-14H,11H2,1-4H3,(H,19,22)/t14-/m1/s1. The third kappa shape index (κ3) is 4.10. The van der Waals surface area contributed by atoms with Gasteiger partial charge >= 0.3 is 6.03 Å². The highest BCUT2D eigenvalue weighted by Gasteiger charge is 2.14. The molecule has 1 atom stereocenters. The Balaban J connectivity index is 1.98. The van der Waals surface area contributed by atoms with Gasteiger partial charge in [0.25, 0.3) is 0 Å². The molecule has 0 radical (unpaired) electrons. The van der Waals surface area contributed by atoms with Gasteiger partial charge < -0.3 is 14.8 Å². The highest BCUT2D eigenvalue weighted by Crippen LogP contribution is 2.16. The first-order chi connectivity index (χ1) is 10.5. The van der Waals surface area contributed by atoms with E-state index in [4.69, 9.17) is 0 Å². The number of hydrogen-bond donors (Lipinski definition) is 1. The minimum Gasteiger partial charge on any atom is -0.331 e. The maximum atomic E-state index is 12.1. The van der Waals surface area contributed by atoms with Crippen molar-refractivity contribution < 1.29 is 4.79 Å². The van der Waals surface area contributed by atoms with Crippen LogP contribution in [0.4, 0.5) is 4.79 Å². The van der Waals surface area contributed by atoms with E-state index in [1.807, 2.05) is 49.0 Å². The van der Waals surface area contributed by atoms with Gasteiger partial charge in [0, 0.05) is 31.7 Å². The van der Waals surface area contributed by atoms with Gasteiger partial charge in [-0.2, -0.15) is 0 Å². The molecule has 0 saturated heterocycles. The Kier molecular flexibility index (Phi) is 5.20. The Morgan fingerprint density at radius 3 is 2.50 bits per heavy atom. The molecule has 0 aliphatic carbocycles. The lowest BCUT2D eigenvalue weighted by Gasteiger charge is -2.23. The van der Waals surface area contributed by atoms with Gasteiger partial charge in [-0.15, -0.1) is 0 Å². The van der Waals surface area contributed by atoms with E-state index in [0.29, 0.717) is 5.92 Å². The smallest absolute Gasteiger partial charge is 0.317 e. The third-order valence-electron chi connectivity index (χ3n) is 3.52. The summed E-state index contributed by atoms with van der Waals surface area (Å²) in [5.74, 6) is 0.459. The number of urea groups is 1. The zero-order valence-corrected chi connectivity index (χ0v) is 13.7. The summed E-state index contributed by atoms with van der Waals surface area (Å²) in [6, 6.07) is 8.04. The Hall–Kier alpha value is -2.30. The highest BCUT2D eigenvalue weighted by atomic mass is 16.2. The van der Waals surface area contributed by atoms with Crippen molar-refractivity contribution in [3.05, 3.63) is 48.5 Å². The van der Waals surface area contributed by atoms with Crippen LogP contribution in [0.5, 0.6) is 0 Å². The molecule has 5 heteroatoms. The van der Waals surface area contributed by atoms with Crippen molar-refractivity contribution in [3.8, 4) is 5.69 Å². The summed E-state index contributed by atoms with van der Waals surface area (Å²) in [5, 5.41) is 3.02. The van der Waals surface area contributed by atoms with Crippen LogP contribution in [0.15, 0.2) is 43.0 Å². The number of aromatic nitrogens is 2. The molecule has 0 aliphatic rings. The van der Waals surface area contributed by atoms with Crippen LogP contribution >= 0.6 is 0 Å². The Labute approximate surface area is 132 Å². The van der Waals surface area contributed by atoms with Crippen molar-refractivity contribution in [2.75, 3.05) is 13.6 Å². The number of amides is 2. The van der Waals surface area contributed by atoms with Gasteiger partial charge in [0.1, 0.15) is 0 Å². The molecule has 1 aromatic heterocycles. The van der Waals surface area contributed by atoms with E-state index in [1.165, 1.54) is 0 Å². The number of imidazole rings is 1. The van der Waals surface area contributed by atoms with Crippen molar-refractivity contribution in [2.24, 2.45) is 5.92 Å². The van der Waals surface area contributed by atoms with E-state index >= 15 is 0 Å². The minimum atomic E-state index is -0.0418. The van der Waals surface area contributed by atoms with Crippen LogP contribution in [-0.4, -0.2) is 34.1 Å². The Morgan fingerprint density at radius 1 is 1.27 bits per heavy atom. The maximum Gasteiger partial charge on any atom is 0.317 e. The molecule has 0 aliphatic heterocycles. The number of carbonyl (C=O) groups is 1. The van der Waals surface area contributed by atoms with Gasteiger partial charge in [-0.1, -0.05) is 26.0 Å². The first-order valence-electron chi connectivity index (χ1n) is 7.57. The highest BCUT2D eigenvalue weighted by molar-refractivity contribution is 5.74. The predicted octanol–water partition coefficient (Wildman–Crippen LogP) is 3.23. The van der Waals surface area contributed by atoms with Crippen molar-refractivity contribution in [3.63, 3.8) is 0 Å². The monoisotopic (exact) mass is 300 g/mol. The van der Waals surface area contributed by atoms with Gasteiger partial charge in [-0.05, 0) is 30.5 Å². The second kappa shape index (κ2) is 7.11. The molecule has 2 amide bonds. The fourth-order valence-corrected chi connectivity index (χ4v) is 2.36. The quantitative estimate of drug-likeness (QED) is 0.921. The lowest BCUT2D eigenvalue weighted by molar-refractivity contribution is 0.200. The summed E-state index contributed by atoms with van der Waals surface area (Å²) in [4.78, 5) is 17.9. The molecule has 0 bridgehead atoms. The van der Waals surface area contributed by atoms with Crippen LogP contribution in [0.2, 0.25) is 0 Å². The summed E-state index contributed by atoms with van der Waals surface area (Å²) in [6.45, 7) is 6.94. The number of nitrogens with one attached hydrogen (secondary N) is 1. The zero-order valence-electron chi connectivity index (χ0n) is 13.7. The number of rotatable bonds is 5. The Morgan fingerprint density at radius 2 is 1.95 bits per heavy atom. The first kappa shape index (κ1) is 16.1. The fourth-order valence-electron chi connectivity index (χ4n) is 2.36. The second-order valence-corrected chi connectivity index (χ2v) is 6.01. The van der Waals surface area contributed by atoms with Crippen molar-refractivity contribution in [1.29, 1.82) is 0 Å². The minimum absolute atomic E-state index is 0.0288. The molecule has 2 rings (SSSR count).